The summed E-state index contributed by atoms with van der Waals surface area (Å²) in [6.45, 7) is 1.87. The van der Waals surface area contributed by atoms with Crippen LogP contribution >= 0.6 is 22.6 Å². The van der Waals surface area contributed by atoms with Gasteiger partial charge in [0, 0.05) is 27.3 Å². The molecule has 3 rings (SSSR count). The van der Waals surface area contributed by atoms with Crippen LogP contribution in [0.25, 0.3) is 0 Å². The number of carbonyl (C=O) groups excluding carboxylic acids is 2. The first-order valence-electron chi connectivity index (χ1n) is 7.58. The molecule has 1 N–H and O–H groups in total. The number of nitrogens with one attached hydrogen (secondary N) is 1. The molecule has 120 valence electrons. The quantitative estimate of drug-likeness (QED) is 0.586. The number of hydrogen-bond donors (Lipinski definition) is 1. The predicted molar refractivity (Wildman–Crippen MR) is 95.6 cm³/mol. The summed E-state index contributed by atoms with van der Waals surface area (Å²) in [4.78, 5) is 25.0. The summed E-state index contributed by atoms with van der Waals surface area (Å²) >= 11 is 2.26. The van der Waals surface area contributed by atoms with Crippen molar-refractivity contribution in [1.82, 2.24) is 5.32 Å². The van der Waals surface area contributed by atoms with E-state index in [2.05, 4.69) is 34.0 Å². The van der Waals surface area contributed by atoms with Crippen molar-refractivity contribution in [3.63, 3.8) is 0 Å². The van der Waals surface area contributed by atoms with Crippen molar-refractivity contribution >= 4 is 34.3 Å². The number of hydrogen-bond acceptors (Lipinski definition) is 4. The Labute approximate surface area is 149 Å². The molecule has 0 amide bonds. The summed E-state index contributed by atoms with van der Waals surface area (Å²) in [5, 5.41) is 3.25. The number of carbonyl (C=O) groups is 2. The molecule has 1 heterocycles. The van der Waals surface area contributed by atoms with Gasteiger partial charge in [0.1, 0.15) is 5.78 Å². The van der Waals surface area contributed by atoms with E-state index < -0.39 is 0 Å². The number of fused-ring (bicyclic) bond motifs is 1. The van der Waals surface area contributed by atoms with Crippen LogP contribution in [0.3, 0.4) is 0 Å². The molecule has 0 saturated carbocycles. The second-order valence-electron chi connectivity index (χ2n) is 5.80. The Balaban J connectivity index is 2.23. The third-order valence-electron chi connectivity index (χ3n) is 4.46. The van der Waals surface area contributed by atoms with Gasteiger partial charge in [0.25, 0.3) is 0 Å². The first kappa shape index (κ1) is 16.2. The smallest absolute Gasteiger partial charge is 0.336 e. The molecule has 23 heavy (non-hydrogen) atoms. The van der Waals surface area contributed by atoms with E-state index in [1.54, 1.807) is 0 Å². The van der Waals surface area contributed by atoms with Crippen molar-refractivity contribution in [1.29, 1.82) is 0 Å². The predicted octanol–water partition coefficient (Wildman–Crippen LogP) is 3.29. The summed E-state index contributed by atoms with van der Waals surface area (Å²) in [6.07, 6.45) is 3.34. The summed E-state index contributed by atoms with van der Waals surface area (Å²) in [7, 11) is 1.38. The van der Waals surface area contributed by atoms with E-state index in [0.717, 1.165) is 26.9 Å². The molecule has 4 nitrogen and oxygen atoms in total. The second kappa shape index (κ2) is 6.47. The Morgan fingerprint density at radius 1 is 1.30 bits per heavy atom. The normalized spacial score (nSPS) is 23.8. The monoisotopic (exact) mass is 423 g/mol. The first-order valence-corrected chi connectivity index (χ1v) is 8.65. The first-order chi connectivity index (χ1) is 11.0. The Hall–Kier alpha value is -1.63. The van der Waals surface area contributed by atoms with Crippen molar-refractivity contribution in [2.24, 2.45) is 5.92 Å². The lowest BCUT2D eigenvalue weighted by molar-refractivity contribution is -0.136. The lowest BCUT2D eigenvalue weighted by Gasteiger charge is -2.38. The second-order valence-corrected chi connectivity index (χ2v) is 6.96. The summed E-state index contributed by atoms with van der Waals surface area (Å²) in [6, 6.07) is 7.90. The number of esters is 1. The van der Waals surface area contributed by atoms with Gasteiger partial charge in [-0.05, 0) is 47.6 Å². The van der Waals surface area contributed by atoms with Crippen molar-refractivity contribution in [3.8, 4) is 0 Å². The van der Waals surface area contributed by atoms with E-state index in [0.29, 0.717) is 12.0 Å². The van der Waals surface area contributed by atoms with Crippen LogP contribution in [-0.4, -0.2) is 18.9 Å². The number of ketones is 1. The number of rotatable bonds is 2. The third-order valence-corrected chi connectivity index (χ3v) is 5.45. The Bertz CT molecular complexity index is 736. The van der Waals surface area contributed by atoms with Gasteiger partial charge in [0.15, 0.2) is 0 Å². The molecular formula is C18H18INO3. The van der Waals surface area contributed by atoms with Crippen LogP contribution in [0.2, 0.25) is 0 Å². The van der Waals surface area contributed by atoms with E-state index in [9.17, 15) is 9.59 Å². The highest BCUT2D eigenvalue weighted by Gasteiger charge is 2.43. The lowest BCUT2D eigenvalue weighted by Crippen LogP contribution is -2.40. The molecule has 0 saturated heterocycles. The van der Waals surface area contributed by atoms with Crippen molar-refractivity contribution in [2.75, 3.05) is 7.11 Å². The minimum atomic E-state index is -0.378. The van der Waals surface area contributed by atoms with Gasteiger partial charge in [0.2, 0.25) is 0 Å². The van der Waals surface area contributed by atoms with Gasteiger partial charge >= 0.3 is 5.97 Å². The molecule has 0 radical (unpaired) electrons. The number of ether oxygens (including phenoxy) is 1. The highest BCUT2D eigenvalue weighted by atomic mass is 127. The zero-order chi connectivity index (χ0) is 16.6. The molecule has 0 bridgehead atoms. The molecule has 0 spiro atoms. The average molecular weight is 423 g/mol. The molecule has 1 aromatic carbocycles. The fourth-order valence-corrected chi connectivity index (χ4v) is 4.18. The molecule has 1 aliphatic carbocycles. The standard InChI is InChI=1S/C18H18INO3/c1-10-15(18(22)23-2)16(11-6-3-4-7-12(11)19)17-13(20-10)8-5-9-14(17)21/h3-4,6-8,16-17,20H,5,9H2,1-2H3. The maximum atomic E-state index is 12.6. The molecule has 5 heteroatoms. The van der Waals surface area contributed by atoms with Gasteiger partial charge in [-0.3, -0.25) is 4.79 Å². The fraction of sp³-hybridized carbons (Fsp3) is 0.333. The molecule has 2 atom stereocenters. The minimum Gasteiger partial charge on any atom is -0.466 e. The number of halogens is 1. The molecule has 0 aromatic heterocycles. The molecule has 1 aromatic rings. The Morgan fingerprint density at radius 2 is 2.04 bits per heavy atom. The van der Waals surface area contributed by atoms with E-state index in [-0.39, 0.29) is 23.6 Å². The van der Waals surface area contributed by atoms with Gasteiger partial charge in [-0.15, -0.1) is 0 Å². The van der Waals surface area contributed by atoms with Gasteiger partial charge < -0.3 is 10.1 Å². The lowest BCUT2D eigenvalue weighted by atomic mass is 9.71. The van der Waals surface area contributed by atoms with Gasteiger partial charge in [-0.25, -0.2) is 4.79 Å². The molecule has 2 unspecified atom stereocenters. The van der Waals surface area contributed by atoms with Crippen molar-refractivity contribution < 1.29 is 14.3 Å². The Kier molecular flexibility index (Phi) is 4.57. The van der Waals surface area contributed by atoms with Crippen LogP contribution in [0.4, 0.5) is 0 Å². The number of benzene rings is 1. The van der Waals surface area contributed by atoms with Crippen LogP contribution in [0.1, 0.15) is 31.2 Å². The maximum Gasteiger partial charge on any atom is 0.336 e. The maximum absolute atomic E-state index is 12.6. The van der Waals surface area contributed by atoms with Crippen LogP contribution in [0, 0.1) is 9.49 Å². The topological polar surface area (TPSA) is 55.4 Å². The number of Topliss-reactive ketones (excluding diaryl/α,β-unsaturated/α-hetero) is 1. The van der Waals surface area contributed by atoms with E-state index in [4.69, 9.17) is 4.74 Å². The highest BCUT2D eigenvalue weighted by molar-refractivity contribution is 14.1. The molecular weight excluding hydrogens is 405 g/mol. The third kappa shape index (κ3) is 2.82. The zero-order valence-corrected chi connectivity index (χ0v) is 15.2. The molecule has 1 aliphatic heterocycles. The molecule has 2 aliphatic rings. The van der Waals surface area contributed by atoms with E-state index in [1.165, 1.54) is 7.11 Å². The largest absolute Gasteiger partial charge is 0.466 e. The zero-order valence-electron chi connectivity index (χ0n) is 13.1. The van der Waals surface area contributed by atoms with E-state index in [1.807, 2.05) is 31.2 Å². The summed E-state index contributed by atoms with van der Waals surface area (Å²) in [5.41, 5.74) is 3.23. The van der Waals surface area contributed by atoms with Gasteiger partial charge in [-0.2, -0.15) is 0 Å². The van der Waals surface area contributed by atoms with Gasteiger partial charge in [0.05, 0.1) is 18.6 Å². The highest BCUT2D eigenvalue weighted by Crippen LogP contribution is 2.44. The minimum absolute atomic E-state index is 0.175. The van der Waals surface area contributed by atoms with Crippen LogP contribution in [-0.2, 0) is 14.3 Å². The molecule has 0 fully saturated rings. The van der Waals surface area contributed by atoms with Gasteiger partial charge in [-0.1, -0.05) is 24.3 Å². The number of allylic oxidation sites excluding steroid dienone is 3. The van der Waals surface area contributed by atoms with E-state index >= 15 is 0 Å². The summed E-state index contributed by atoms with van der Waals surface area (Å²) < 4.78 is 6.04. The summed E-state index contributed by atoms with van der Waals surface area (Å²) in [5.74, 6) is -0.834. The van der Waals surface area contributed by atoms with Crippen LogP contribution in [0.15, 0.2) is 47.3 Å². The van der Waals surface area contributed by atoms with Crippen LogP contribution < -0.4 is 5.32 Å². The average Bonchev–Trinajstić information content (AvgIpc) is 2.54. The fourth-order valence-electron chi connectivity index (χ4n) is 3.46. The number of methoxy groups -OCH3 is 1. The van der Waals surface area contributed by atoms with Crippen LogP contribution in [0.5, 0.6) is 0 Å². The Morgan fingerprint density at radius 3 is 2.74 bits per heavy atom. The van der Waals surface area contributed by atoms with Crippen molar-refractivity contribution in [3.05, 3.63) is 56.4 Å². The SMILES string of the molecule is COC(=O)C1=C(C)NC2=CCCC(=O)C2C1c1ccccc1I. The van der Waals surface area contributed by atoms with Crippen molar-refractivity contribution in [2.45, 2.75) is 25.7 Å².